The van der Waals surface area contributed by atoms with Crippen LogP contribution in [0, 0.1) is 13.8 Å². The maximum atomic E-state index is 12.2. The van der Waals surface area contributed by atoms with E-state index in [4.69, 9.17) is 4.74 Å². The topological polar surface area (TPSA) is 105 Å². The summed E-state index contributed by atoms with van der Waals surface area (Å²) in [7, 11) is 0. The fraction of sp³-hybridized carbons (Fsp3) is 0.500. The summed E-state index contributed by atoms with van der Waals surface area (Å²) in [6.07, 6.45) is -0.693. The van der Waals surface area contributed by atoms with Gasteiger partial charge in [-0.3, -0.25) is 19.3 Å². The van der Waals surface area contributed by atoms with E-state index >= 15 is 0 Å². The van der Waals surface area contributed by atoms with Gasteiger partial charge < -0.3 is 15.4 Å². The SMILES string of the molecule is Cc1ccc(NC(=O)[C@@H](C)OC(=O)CCCN2C(=O)NC(C)(C)C2=O)c(C)c1. The third-order valence-electron chi connectivity index (χ3n) is 4.52. The van der Waals surface area contributed by atoms with Gasteiger partial charge in [-0.15, -0.1) is 0 Å². The van der Waals surface area contributed by atoms with Gasteiger partial charge in [-0.1, -0.05) is 17.7 Å². The Kier molecular flexibility index (Phi) is 6.43. The van der Waals surface area contributed by atoms with Crippen molar-refractivity contribution in [1.29, 1.82) is 0 Å². The van der Waals surface area contributed by atoms with E-state index in [0.717, 1.165) is 16.0 Å². The number of esters is 1. The van der Waals surface area contributed by atoms with Gasteiger partial charge in [-0.2, -0.15) is 0 Å². The number of anilines is 1. The Hall–Kier alpha value is -2.90. The van der Waals surface area contributed by atoms with Crippen LogP contribution in [0.4, 0.5) is 10.5 Å². The molecule has 1 fully saturated rings. The molecule has 1 heterocycles. The molecule has 1 aromatic rings. The monoisotopic (exact) mass is 389 g/mol. The summed E-state index contributed by atoms with van der Waals surface area (Å²) >= 11 is 0. The smallest absolute Gasteiger partial charge is 0.325 e. The van der Waals surface area contributed by atoms with E-state index in [0.29, 0.717) is 5.69 Å². The van der Waals surface area contributed by atoms with E-state index in [9.17, 15) is 19.2 Å². The summed E-state index contributed by atoms with van der Waals surface area (Å²) in [4.78, 5) is 49.2. The lowest BCUT2D eigenvalue weighted by molar-refractivity contribution is -0.153. The number of amides is 4. The zero-order chi connectivity index (χ0) is 21.1. The van der Waals surface area contributed by atoms with Gasteiger partial charge in [0, 0.05) is 18.7 Å². The lowest BCUT2D eigenvalue weighted by atomic mass is 10.1. The molecule has 0 aromatic heterocycles. The van der Waals surface area contributed by atoms with E-state index in [1.54, 1.807) is 19.9 Å². The Morgan fingerprint density at radius 1 is 1.25 bits per heavy atom. The van der Waals surface area contributed by atoms with Crippen LogP contribution in [-0.4, -0.2) is 46.9 Å². The number of carbonyl (C=O) groups is 4. The lowest BCUT2D eigenvalue weighted by Crippen LogP contribution is -2.40. The number of carbonyl (C=O) groups excluding carboxylic acids is 4. The van der Waals surface area contributed by atoms with E-state index < -0.39 is 29.6 Å². The molecule has 2 rings (SSSR count). The minimum atomic E-state index is -0.955. The van der Waals surface area contributed by atoms with Crippen molar-refractivity contribution in [3.8, 4) is 0 Å². The van der Waals surface area contributed by atoms with Gasteiger partial charge in [0.25, 0.3) is 11.8 Å². The summed E-state index contributed by atoms with van der Waals surface area (Å²) < 4.78 is 5.15. The number of ether oxygens (including phenoxy) is 1. The average Bonchev–Trinajstić information content (AvgIpc) is 2.78. The van der Waals surface area contributed by atoms with Gasteiger partial charge in [0.2, 0.25) is 0 Å². The highest BCUT2D eigenvalue weighted by Crippen LogP contribution is 2.18. The van der Waals surface area contributed by atoms with E-state index in [1.807, 2.05) is 26.0 Å². The molecule has 0 bridgehead atoms. The Morgan fingerprint density at radius 2 is 1.93 bits per heavy atom. The number of aryl methyl sites for hydroxylation is 2. The molecular formula is C20H27N3O5. The molecule has 0 radical (unpaired) electrons. The van der Waals surface area contributed by atoms with Crippen LogP contribution in [0.3, 0.4) is 0 Å². The normalized spacial score (nSPS) is 16.5. The number of rotatable bonds is 7. The maximum absolute atomic E-state index is 12.2. The second-order valence-electron chi connectivity index (χ2n) is 7.56. The molecule has 8 heteroatoms. The Morgan fingerprint density at radius 3 is 2.50 bits per heavy atom. The van der Waals surface area contributed by atoms with Crippen molar-refractivity contribution in [2.45, 2.75) is 59.1 Å². The molecular weight excluding hydrogens is 362 g/mol. The third kappa shape index (κ3) is 5.09. The second kappa shape index (κ2) is 8.41. The predicted octanol–water partition coefficient (Wildman–Crippen LogP) is 2.28. The fourth-order valence-corrected chi connectivity index (χ4v) is 2.90. The van der Waals surface area contributed by atoms with Crippen LogP contribution in [0.5, 0.6) is 0 Å². The van der Waals surface area contributed by atoms with Crippen molar-refractivity contribution in [2.24, 2.45) is 0 Å². The molecule has 1 atom stereocenters. The summed E-state index contributed by atoms with van der Waals surface area (Å²) in [5, 5.41) is 5.32. The Bertz CT molecular complexity index is 803. The number of nitrogens with one attached hydrogen (secondary N) is 2. The van der Waals surface area contributed by atoms with Gasteiger partial charge in [0.05, 0.1) is 0 Å². The van der Waals surface area contributed by atoms with Crippen molar-refractivity contribution in [2.75, 3.05) is 11.9 Å². The highest BCUT2D eigenvalue weighted by atomic mass is 16.5. The van der Waals surface area contributed by atoms with Crippen LogP contribution in [0.1, 0.15) is 44.7 Å². The van der Waals surface area contributed by atoms with Crippen LogP contribution in [0.25, 0.3) is 0 Å². The van der Waals surface area contributed by atoms with Crippen LogP contribution in [0.2, 0.25) is 0 Å². The van der Waals surface area contributed by atoms with Crippen molar-refractivity contribution >= 4 is 29.5 Å². The minimum absolute atomic E-state index is 0.00132. The number of hydrogen-bond donors (Lipinski definition) is 2. The molecule has 28 heavy (non-hydrogen) atoms. The van der Waals surface area contributed by atoms with Crippen molar-refractivity contribution in [3.63, 3.8) is 0 Å². The number of urea groups is 1. The molecule has 0 unspecified atom stereocenters. The largest absolute Gasteiger partial charge is 0.453 e. The van der Waals surface area contributed by atoms with Crippen LogP contribution >= 0.6 is 0 Å². The van der Waals surface area contributed by atoms with Crippen LogP contribution < -0.4 is 10.6 Å². The number of benzene rings is 1. The zero-order valence-electron chi connectivity index (χ0n) is 16.9. The molecule has 0 aliphatic carbocycles. The Balaban J connectivity index is 1.78. The number of imide groups is 1. The third-order valence-corrected chi connectivity index (χ3v) is 4.52. The van der Waals surface area contributed by atoms with Gasteiger partial charge in [-0.05, 0) is 52.7 Å². The van der Waals surface area contributed by atoms with Crippen LogP contribution in [0.15, 0.2) is 18.2 Å². The fourth-order valence-electron chi connectivity index (χ4n) is 2.90. The quantitative estimate of drug-likeness (QED) is 0.550. The van der Waals surface area contributed by atoms with Crippen molar-refractivity contribution in [3.05, 3.63) is 29.3 Å². The van der Waals surface area contributed by atoms with Crippen LogP contribution in [-0.2, 0) is 19.1 Å². The summed E-state index contributed by atoms with van der Waals surface area (Å²) in [6.45, 7) is 8.71. The molecule has 8 nitrogen and oxygen atoms in total. The summed E-state index contributed by atoms with van der Waals surface area (Å²) in [5.74, 6) is -1.31. The molecule has 1 aliphatic rings. The second-order valence-corrected chi connectivity index (χ2v) is 7.56. The van der Waals surface area contributed by atoms with Gasteiger partial charge in [-0.25, -0.2) is 4.79 Å². The molecule has 1 aromatic carbocycles. The predicted molar refractivity (Wildman–Crippen MR) is 104 cm³/mol. The molecule has 0 saturated carbocycles. The van der Waals surface area contributed by atoms with E-state index in [1.165, 1.54) is 6.92 Å². The molecule has 4 amide bonds. The van der Waals surface area contributed by atoms with Gasteiger partial charge in [0.1, 0.15) is 5.54 Å². The summed E-state index contributed by atoms with van der Waals surface area (Å²) in [6, 6.07) is 5.17. The van der Waals surface area contributed by atoms with Gasteiger partial charge in [0.15, 0.2) is 6.10 Å². The van der Waals surface area contributed by atoms with E-state index in [2.05, 4.69) is 10.6 Å². The van der Waals surface area contributed by atoms with Crippen molar-refractivity contribution < 1.29 is 23.9 Å². The van der Waals surface area contributed by atoms with Crippen molar-refractivity contribution in [1.82, 2.24) is 10.2 Å². The zero-order valence-corrected chi connectivity index (χ0v) is 16.9. The first kappa shape index (κ1) is 21.4. The highest BCUT2D eigenvalue weighted by molar-refractivity contribution is 6.06. The summed E-state index contributed by atoms with van der Waals surface area (Å²) in [5.41, 5.74) is 1.74. The highest BCUT2D eigenvalue weighted by Gasteiger charge is 2.43. The first-order valence-electron chi connectivity index (χ1n) is 9.23. The molecule has 1 aliphatic heterocycles. The lowest BCUT2D eigenvalue weighted by Gasteiger charge is -2.17. The molecule has 2 N–H and O–H groups in total. The molecule has 0 spiro atoms. The average molecular weight is 389 g/mol. The molecule has 152 valence electrons. The first-order valence-corrected chi connectivity index (χ1v) is 9.23. The first-order chi connectivity index (χ1) is 13.0. The Labute approximate surface area is 164 Å². The minimum Gasteiger partial charge on any atom is -0.453 e. The standard InChI is InChI=1S/C20H27N3O5/c1-12-8-9-15(13(2)11-12)21-17(25)14(3)28-16(24)7-6-10-23-18(26)20(4,5)22-19(23)27/h8-9,11,14H,6-7,10H2,1-5H3,(H,21,25)(H,22,27)/t14-/m1/s1. The van der Waals surface area contributed by atoms with Gasteiger partial charge >= 0.3 is 12.0 Å². The number of nitrogens with zero attached hydrogens (tertiary/aromatic N) is 1. The molecule has 1 saturated heterocycles. The van der Waals surface area contributed by atoms with E-state index in [-0.39, 0.29) is 25.3 Å². The maximum Gasteiger partial charge on any atom is 0.325 e. The number of hydrogen-bond acceptors (Lipinski definition) is 5.